The van der Waals surface area contributed by atoms with Gasteiger partial charge >= 0.3 is 5.97 Å². The molecule has 0 aromatic heterocycles. The summed E-state index contributed by atoms with van der Waals surface area (Å²) in [5.41, 5.74) is 2.53. The summed E-state index contributed by atoms with van der Waals surface area (Å²) in [6.45, 7) is 0.254. The predicted octanol–water partition coefficient (Wildman–Crippen LogP) is 7.08. The van der Waals surface area contributed by atoms with Crippen LogP contribution in [0.2, 0.25) is 10.0 Å². The summed E-state index contributed by atoms with van der Waals surface area (Å²) in [4.78, 5) is 10.8. The number of aliphatic carboxylic acids is 1. The van der Waals surface area contributed by atoms with E-state index >= 15 is 0 Å². The maximum Gasteiger partial charge on any atom is 0.303 e. The van der Waals surface area contributed by atoms with Crippen molar-refractivity contribution in [3.8, 4) is 5.75 Å². The Morgan fingerprint density at radius 3 is 2.43 bits per heavy atom. The number of carboxylic acid groups (broad SMARTS) is 1. The van der Waals surface area contributed by atoms with Crippen molar-refractivity contribution in [1.82, 2.24) is 0 Å². The van der Waals surface area contributed by atoms with Crippen LogP contribution >= 0.6 is 55.1 Å². The fourth-order valence-corrected chi connectivity index (χ4v) is 4.89. The van der Waals surface area contributed by atoms with Gasteiger partial charge in [-0.15, -0.1) is 0 Å². The largest absolute Gasteiger partial charge is 0.486 e. The molecule has 1 saturated carbocycles. The molecule has 0 atom stereocenters. The Balaban J connectivity index is 1.73. The summed E-state index contributed by atoms with van der Waals surface area (Å²) >= 11 is 19.8. The lowest BCUT2D eigenvalue weighted by Gasteiger charge is -2.28. The molecule has 2 N–H and O–H groups in total. The molecule has 0 amide bonds. The first-order chi connectivity index (χ1) is 13.3. The Labute approximate surface area is 190 Å². The SMILES string of the molecule is O=C(O)CCc1cc(Br)c(OCc2cc(Cl)cc(NC3CCC3)c2Cl)c(Br)c1. The van der Waals surface area contributed by atoms with E-state index in [4.69, 9.17) is 33.0 Å². The Hall–Kier alpha value is -0.950. The molecule has 28 heavy (non-hydrogen) atoms. The van der Waals surface area contributed by atoms with Gasteiger partial charge in [-0.25, -0.2) is 0 Å². The van der Waals surface area contributed by atoms with Crippen molar-refractivity contribution in [1.29, 1.82) is 0 Å². The van der Waals surface area contributed by atoms with Gasteiger partial charge in [-0.2, -0.15) is 0 Å². The summed E-state index contributed by atoms with van der Waals surface area (Å²) in [6.07, 6.45) is 4.04. The lowest BCUT2D eigenvalue weighted by Crippen LogP contribution is -2.27. The van der Waals surface area contributed by atoms with Crippen molar-refractivity contribution >= 4 is 66.7 Å². The normalized spacial score (nSPS) is 13.9. The van der Waals surface area contributed by atoms with Crippen LogP contribution in [0.4, 0.5) is 5.69 Å². The number of carbonyl (C=O) groups is 1. The van der Waals surface area contributed by atoms with Gasteiger partial charge < -0.3 is 15.2 Å². The third-order valence-corrected chi connectivity index (χ3v) is 6.48. The number of hydrogen-bond acceptors (Lipinski definition) is 3. The van der Waals surface area contributed by atoms with Crippen LogP contribution in [0.1, 0.15) is 36.8 Å². The van der Waals surface area contributed by atoms with Crippen molar-refractivity contribution in [3.63, 3.8) is 0 Å². The molecule has 1 aliphatic rings. The predicted molar refractivity (Wildman–Crippen MR) is 120 cm³/mol. The quantitative estimate of drug-likeness (QED) is 0.368. The number of halogens is 4. The first kappa shape index (κ1) is 21.8. The second-order valence-corrected chi connectivity index (χ2v) is 9.29. The number of carboxylic acids is 1. The fraction of sp³-hybridized carbons (Fsp3) is 0.350. The lowest BCUT2D eigenvalue weighted by molar-refractivity contribution is -0.136. The molecule has 1 aliphatic carbocycles. The molecule has 3 rings (SSSR count). The summed E-state index contributed by atoms with van der Waals surface area (Å²) < 4.78 is 7.48. The monoisotopic (exact) mass is 549 g/mol. The van der Waals surface area contributed by atoms with E-state index in [1.807, 2.05) is 18.2 Å². The Kier molecular flexibility index (Phi) is 7.54. The average molecular weight is 552 g/mol. The second kappa shape index (κ2) is 9.70. The Morgan fingerprint density at radius 2 is 1.86 bits per heavy atom. The summed E-state index contributed by atoms with van der Waals surface area (Å²) in [5, 5.41) is 13.5. The minimum atomic E-state index is -0.825. The molecule has 1 fully saturated rings. The van der Waals surface area contributed by atoms with Crippen LogP contribution < -0.4 is 10.1 Å². The van der Waals surface area contributed by atoms with Crippen molar-refractivity contribution in [2.45, 2.75) is 44.8 Å². The fourth-order valence-electron chi connectivity index (χ4n) is 2.92. The van der Waals surface area contributed by atoms with Gasteiger partial charge in [0.2, 0.25) is 0 Å². The zero-order valence-electron chi connectivity index (χ0n) is 14.9. The smallest absolute Gasteiger partial charge is 0.303 e. The molecule has 0 aliphatic heterocycles. The maximum atomic E-state index is 10.8. The molecule has 0 radical (unpaired) electrons. The van der Waals surface area contributed by atoms with Gasteiger partial charge in [-0.3, -0.25) is 4.79 Å². The van der Waals surface area contributed by atoms with Crippen LogP contribution in [0, 0.1) is 0 Å². The van der Waals surface area contributed by atoms with Crippen LogP contribution in [0.15, 0.2) is 33.2 Å². The van der Waals surface area contributed by atoms with Gasteiger partial charge in [-0.05, 0) is 87.4 Å². The average Bonchev–Trinajstić information content (AvgIpc) is 2.58. The van der Waals surface area contributed by atoms with Crippen LogP contribution in [0.3, 0.4) is 0 Å². The molecule has 2 aromatic rings. The van der Waals surface area contributed by atoms with Gasteiger partial charge in [0.15, 0.2) is 0 Å². The second-order valence-electron chi connectivity index (χ2n) is 6.77. The van der Waals surface area contributed by atoms with Gasteiger partial charge in [0.1, 0.15) is 12.4 Å². The van der Waals surface area contributed by atoms with Crippen molar-refractivity contribution in [3.05, 3.63) is 54.4 Å². The zero-order valence-corrected chi connectivity index (χ0v) is 19.6. The number of nitrogens with one attached hydrogen (secondary N) is 1. The third kappa shape index (κ3) is 5.56. The number of aryl methyl sites for hydroxylation is 1. The number of rotatable bonds is 8. The first-order valence-electron chi connectivity index (χ1n) is 8.90. The van der Waals surface area contributed by atoms with E-state index in [1.54, 1.807) is 6.07 Å². The van der Waals surface area contributed by atoms with Gasteiger partial charge in [0, 0.05) is 23.0 Å². The molecule has 8 heteroatoms. The zero-order chi connectivity index (χ0) is 20.3. The van der Waals surface area contributed by atoms with Gasteiger partial charge in [-0.1, -0.05) is 23.2 Å². The topological polar surface area (TPSA) is 58.6 Å². The standard InChI is InChI=1S/C20H19Br2Cl2NO3/c21-15-6-11(4-5-18(26)27)7-16(22)20(15)28-10-12-8-13(23)9-17(19(12)24)25-14-2-1-3-14/h6-9,14,25H,1-5,10H2,(H,26,27). The van der Waals surface area contributed by atoms with Crippen LogP contribution in [0.5, 0.6) is 5.75 Å². The van der Waals surface area contributed by atoms with E-state index in [9.17, 15) is 4.79 Å². The molecule has 0 heterocycles. The molecule has 4 nitrogen and oxygen atoms in total. The number of ether oxygens (including phenoxy) is 1. The Morgan fingerprint density at radius 1 is 1.18 bits per heavy atom. The van der Waals surface area contributed by atoms with E-state index in [0.717, 1.165) is 38.6 Å². The highest BCUT2D eigenvalue weighted by Crippen LogP contribution is 2.38. The molecule has 0 saturated heterocycles. The molecule has 0 bridgehead atoms. The van der Waals surface area contributed by atoms with Gasteiger partial charge in [0.05, 0.1) is 19.7 Å². The number of hydrogen-bond donors (Lipinski definition) is 2. The molecular weight excluding hydrogens is 533 g/mol. The minimum Gasteiger partial charge on any atom is -0.486 e. The summed E-state index contributed by atoms with van der Waals surface area (Å²) in [6, 6.07) is 7.83. The molecule has 2 aromatic carbocycles. The molecular formula is C20H19Br2Cl2NO3. The molecule has 0 unspecified atom stereocenters. The number of benzene rings is 2. The van der Waals surface area contributed by atoms with Crippen LogP contribution in [-0.2, 0) is 17.8 Å². The highest BCUT2D eigenvalue weighted by Gasteiger charge is 2.20. The third-order valence-electron chi connectivity index (χ3n) is 4.64. The van der Waals surface area contributed by atoms with Gasteiger partial charge in [0.25, 0.3) is 0 Å². The molecule has 150 valence electrons. The van der Waals surface area contributed by atoms with Crippen molar-refractivity contribution in [2.75, 3.05) is 5.32 Å². The first-order valence-corrected chi connectivity index (χ1v) is 11.2. The number of anilines is 1. The highest BCUT2D eigenvalue weighted by molar-refractivity contribution is 9.11. The van der Waals surface area contributed by atoms with E-state index in [1.165, 1.54) is 6.42 Å². The lowest BCUT2D eigenvalue weighted by atomic mass is 9.93. The van der Waals surface area contributed by atoms with Crippen LogP contribution in [0.25, 0.3) is 0 Å². The van der Waals surface area contributed by atoms with E-state index in [2.05, 4.69) is 37.2 Å². The Bertz CT molecular complexity index is 865. The summed E-state index contributed by atoms with van der Waals surface area (Å²) in [7, 11) is 0. The van der Waals surface area contributed by atoms with Crippen LogP contribution in [-0.4, -0.2) is 17.1 Å². The minimum absolute atomic E-state index is 0.0774. The van der Waals surface area contributed by atoms with Crippen molar-refractivity contribution in [2.24, 2.45) is 0 Å². The summed E-state index contributed by atoms with van der Waals surface area (Å²) in [5.74, 6) is -0.196. The van der Waals surface area contributed by atoms with E-state index in [-0.39, 0.29) is 13.0 Å². The molecule has 0 spiro atoms. The van der Waals surface area contributed by atoms with E-state index in [0.29, 0.717) is 28.3 Å². The van der Waals surface area contributed by atoms with E-state index < -0.39 is 5.97 Å². The highest BCUT2D eigenvalue weighted by atomic mass is 79.9. The van der Waals surface area contributed by atoms with Crippen molar-refractivity contribution < 1.29 is 14.6 Å². The maximum absolute atomic E-state index is 10.8.